The molecule has 0 bridgehead atoms. The zero-order valence-electron chi connectivity index (χ0n) is 15.3. The first-order chi connectivity index (χ1) is 12.4. The smallest absolute Gasteiger partial charge is 0.409 e. The Balaban J connectivity index is 1.82. The predicted octanol–water partition coefficient (Wildman–Crippen LogP) is 3.85. The average Bonchev–Trinajstić information content (AvgIpc) is 2.85. The van der Waals surface area contributed by atoms with Crippen LogP contribution in [-0.4, -0.2) is 54.6 Å². The Morgan fingerprint density at radius 3 is 2.58 bits per heavy atom. The number of halogens is 2. The number of rotatable bonds is 5. The van der Waals surface area contributed by atoms with Gasteiger partial charge in [0.05, 0.1) is 6.61 Å². The lowest BCUT2D eigenvalue weighted by Crippen LogP contribution is -2.38. The molecule has 0 spiro atoms. The van der Waals surface area contributed by atoms with Crippen molar-refractivity contribution in [2.45, 2.75) is 33.1 Å². The van der Waals surface area contributed by atoms with Crippen LogP contribution in [0.25, 0.3) is 0 Å². The monoisotopic (exact) mass is 428 g/mol. The van der Waals surface area contributed by atoms with Crippen molar-refractivity contribution in [3.8, 4) is 0 Å². The van der Waals surface area contributed by atoms with E-state index in [1.165, 1.54) is 6.07 Å². The predicted molar refractivity (Wildman–Crippen MR) is 101 cm³/mol. The fraction of sp³-hybridized carbons (Fsp3) is 0.579. The molecule has 0 atom stereocenters. The molecule has 0 aliphatic carbocycles. The molecule has 0 unspecified atom stereocenters. The van der Waals surface area contributed by atoms with Gasteiger partial charge in [0, 0.05) is 37.1 Å². The molecule has 144 valence electrons. The molecule has 0 saturated carbocycles. The lowest BCUT2D eigenvalue weighted by atomic mass is 10.1. The maximum Gasteiger partial charge on any atom is 0.409 e. The molecule has 1 aromatic rings. The largest absolute Gasteiger partial charge is 0.449 e. The molecule has 1 fully saturated rings. The van der Waals surface area contributed by atoms with Gasteiger partial charge in [-0.2, -0.15) is 0 Å². The molecule has 0 N–H and O–H groups in total. The molecule has 1 saturated heterocycles. The number of amides is 2. The summed E-state index contributed by atoms with van der Waals surface area (Å²) >= 11 is 3.23. The second-order valence-electron chi connectivity index (χ2n) is 6.93. The third-order valence-corrected chi connectivity index (χ3v) is 4.76. The maximum atomic E-state index is 13.9. The summed E-state index contributed by atoms with van der Waals surface area (Å²) < 4.78 is 19.8. The maximum absolute atomic E-state index is 13.9. The third-order valence-electron chi connectivity index (χ3n) is 4.27. The molecule has 1 aromatic carbocycles. The topological polar surface area (TPSA) is 49.9 Å². The summed E-state index contributed by atoms with van der Waals surface area (Å²) in [6, 6.07) is 4.88. The molecule has 7 heteroatoms. The molecular formula is C19H26BrFN2O3. The number of nitrogens with zero attached hydrogens (tertiary/aromatic N) is 2. The van der Waals surface area contributed by atoms with Crippen molar-refractivity contribution in [1.29, 1.82) is 0 Å². The Labute approximate surface area is 162 Å². The average molecular weight is 429 g/mol. The van der Waals surface area contributed by atoms with Gasteiger partial charge in [-0.15, -0.1) is 0 Å². The van der Waals surface area contributed by atoms with Crippen molar-refractivity contribution in [2.24, 2.45) is 5.92 Å². The Morgan fingerprint density at radius 1 is 1.19 bits per heavy atom. The number of carbonyl (C=O) groups is 2. The first-order valence-electron chi connectivity index (χ1n) is 9.00. The second kappa shape index (κ2) is 9.90. The second-order valence-corrected chi connectivity index (χ2v) is 7.84. The summed E-state index contributed by atoms with van der Waals surface area (Å²) in [7, 11) is 0. The standard InChI is InChI=1S/C19H26BrFN2O3/c1-14(2)13-26-19(25)23-9-3-8-22(10-11-23)18(24)7-5-15-4-6-16(20)12-17(15)21/h4,6,12,14H,3,5,7-11,13H2,1-2H3. The number of carbonyl (C=O) groups excluding carboxylic acids is 2. The number of hydrogen-bond acceptors (Lipinski definition) is 3. The summed E-state index contributed by atoms with van der Waals surface area (Å²) in [6.45, 7) is 6.52. The molecule has 26 heavy (non-hydrogen) atoms. The third kappa shape index (κ3) is 6.27. The van der Waals surface area contributed by atoms with Crippen LogP contribution in [0.4, 0.5) is 9.18 Å². The van der Waals surface area contributed by atoms with Gasteiger partial charge in [-0.05, 0) is 36.5 Å². The quantitative estimate of drug-likeness (QED) is 0.715. The van der Waals surface area contributed by atoms with E-state index in [2.05, 4.69) is 15.9 Å². The SMILES string of the molecule is CC(C)COC(=O)N1CCCN(C(=O)CCc2ccc(Br)cc2F)CC1. The van der Waals surface area contributed by atoms with E-state index in [1.54, 1.807) is 21.9 Å². The van der Waals surface area contributed by atoms with Crippen LogP contribution >= 0.6 is 15.9 Å². The molecule has 0 aromatic heterocycles. The van der Waals surface area contributed by atoms with Crippen LogP contribution in [0.15, 0.2) is 22.7 Å². The van der Waals surface area contributed by atoms with Gasteiger partial charge in [-0.1, -0.05) is 35.8 Å². The van der Waals surface area contributed by atoms with Crippen LogP contribution in [0.5, 0.6) is 0 Å². The molecule has 2 rings (SSSR count). The highest BCUT2D eigenvalue weighted by molar-refractivity contribution is 9.10. The Kier molecular flexibility index (Phi) is 7.87. The number of benzene rings is 1. The van der Waals surface area contributed by atoms with Gasteiger partial charge in [0.1, 0.15) is 5.82 Å². The van der Waals surface area contributed by atoms with Crippen molar-refractivity contribution in [2.75, 3.05) is 32.8 Å². The minimum Gasteiger partial charge on any atom is -0.449 e. The number of aryl methyl sites for hydroxylation is 1. The highest BCUT2D eigenvalue weighted by Gasteiger charge is 2.23. The van der Waals surface area contributed by atoms with E-state index in [-0.39, 0.29) is 24.2 Å². The first kappa shape index (κ1) is 20.7. The van der Waals surface area contributed by atoms with Gasteiger partial charge in [-0.25, -0.2) is 9.18 Å². The zero-order valence-corrected chi connectivity index (χ0v) is 16.9. The van der Waals surface area contributed by atoms with Gasteiger partial charge in [0.15, 0.2) is 0 Å². The molecular weight excluding hydrogens is 403 g/mol. The highest BCUT2D eigenvalue weighted by atomic mass is 79.9. The van der Waals surface area contributed by atoms with E-state index >= 15 is 0 Å². The first-order valence-corrected chi connectivity index (χ1v) is 9.79. The van der Waals surface area contributed by atoms with E-state index in [9.17, 15) is 14.0 Å². The molecule has 1 heterocycles. The number of hydrogen-bond donors (Lipinski definition) is 0. The van der Waals surface area contributed by atoms with Crippen LogP contribution < -0.4 is 0 Å². The van der Waals surface area contributed by atoms with E-state index in [0.717, 1.165) is 6.42 Å². The van der Waals surface area contributed by atoms with Crippen LogP contribution in [0.2, 0.25) is 0 Å². The molecule has 1 aliphatic heterocycles. The zero-order chi connectivity index (χ0) is 19.1. The lowest BCUT2D eigenvalue weighted by Gasteiger charge is -2.22. The highest BCUT2D eigenvalue weighted by Crippen LogP contribution is 2.17. The molecule has 1 aliphatic rings. The minimum atomic E-state index is -0.315. The van der Waals surface area contributed by atoms with Crippen molar-refractivity contribution in [3.05, 3.63) is 34.1 Å². The van der Waals surface area contributed by atoms with Crippen molar-refractivity contribution < 1.29 is 18.7 Å². The van der Waals surface area contributed by atoms with E-state index < -0.39 is 0 Å². The van der Waals surface area contributed by atoms with Crippen molar-refractivity contribution >= 4 is 27.9 Å². The van der Waals surface area contributed by atoms with Gasteiger partial charge in [0.2, 0.25) is 5.91 Å². The summed E-state index contributed by atoms with van der Waals surface area (Å²) in [4.78, 5) is 27.9. The van der Waals surface area contributed by atoms with E-state index in [0.29, 0.717) is 55.2 Å². The lowest BCUT2D eigenvalue weighted by molar-refractivity contribution is -0.131. The van der Waals surface area contributed by atoms with Gasteiger partial charge >= 0.3 is 6.09 Å². The van der Waals surface area contributed by atoms with Crippen LogP contribution in [0.1, 0.15) is 32.3 Å². The fourth-order valence-electron chi connectivity index (χ4n) is 2.80. The van der Waals surface area contributed by atoms with E-state index in [1.807, 2.05) is 13.8 Å². The van der Waals surface area contributed by atoms with Gasteiger partial charge in [-0.3, -0.25) is 4.79 Å². The Hall–Kier alpha value is -1.63. The Morgan fingerprint density at radius 2 is 1.88 bits per heavy atom. The number of ether oxygens (including phenoxy) is 1. The summed E-state index contributed by atoms with van der Waals surface area (Å²) in [5, 5.41) is 0. The Bertz CT molecular complexity index is 639. The van der Waals surface area contributed by atoms with Gasteiger partial charge in [0.25, 0.3) is 0 Å². The minimum absolute atomic E-state index is 0.00952. The van der Waals surface area contributed by atoms with Crippen molar-refractivity contribution in [1.82, 2.24) is 9.80 Å². The van der Waals surface area contributed by atoms with Gasteiger partial charge < -0.3 is 14.5 Å². The van der Waals surface area contributed by atoms with Crippen LogP contribution in [0.3, 0.4) is 0 Å². The van der Waals surface area contributed by atoms with Crippen molar-refractivity contribution in [3.63, 3.8) is 0 Å². The fourth-order valence-corrected chi connectivity index (χ4v) is 3.14. The molecule has 2 amide bonds. The molecule has 0 radical (unpaired) electrons. The summed E-state index contributed by atoms with van der Waals surface area (Å²) in [6.07, 6.45) is 1.03. The van der Waals surface area contributed by atoms with Crippen LogP contribution in [-0.2, 0) is 16.0 Å². The summed E-state index contributed by atoms with van der Waals surface area (Å²) in [5.41, 5.74) is 0.537. The molecule has 5 nitrogen and oxygen atoms in total. The summed E-state index contributed by atoms with van der Waals surface area (Å²) in [5.74, 6) is -0.0187. The normalized spacial score (nSPS) is 15.1. The van der Waals surface area contributed by atoms with Crippen LogP contribution in [0, 0.1) is 11.7 Å². The van der Waals surface area contributed by atoms with E-state index in [4.69, 9.17) is 4.74 Å².